The van der Waals surface area contributed by atoms with E-state index in [-0.39, 0.29) is 6.42 Å². The number of rotatable bonds is 3. The minimum atomic E-state index is -4.13. The summed E-state index contributed by atoms with van der Waals surface area (Å²) < 4.78 is 36.1. The normalized spacial score (nSPS) is 13.9. The van der Waals surface area contributed by atoms with Gasteiger partial charge >= 0.3 is 6.18 Å². The molecule has 0 spiro atoms. The number of benzene rings is 1. The van der Waals surface area contributed by atoms with Crippen LogP contribution in [-0.4, -0.2) is 6.18 Å². The fourth-order valence-corrected chi connectivity index (χ4v) is 1.71. The molecule has 0 aliphatic heterocycles. The zero-order valence-corrected chi connectivity index (χ0v) is 9.43. The highest BCUT2D eigenvalue weighted by Gasteiger charge is 2.27. The van der Waals surface area contributed by atoms with E-state index in [1.54, 1.807) is 0 Å². The molecule has 2 N–H and O–H groups in total. The third kappa shape index (κ3) is 4.23. The Kier molecular flexibility index (Phi) is 3.97. The van der Waals surface area contributed by atoms with E-state index < -0.39 is 18.6 Å². The van der Waals surface area contributed by atoms with Gasteiger partial charge in [0, 0.05) is 12.5 Å². The zero-order valence-electron chi connectivity index (χ0n) is 9.43. The molecule has 0 bridgehead atoms. The Labute approximate surface area is 93.5 Å². The summed E-state index contributed by atoms with van der Waals surface area (Å²) in [6.07, 6.45) is -5.02. The number of halogens is 3. The van der Waals surface area contributed by atoms with Gasteiger partial charge < -0.3 is 5.73 Å². The molecule has 0 aliphatic carbocycles. The number of hydrogen-bond donors (Lipinski definition) is 1. The van der Waals surface area contributed by atoms with Crippen LogP contribution in [0.4, 0.5) is 13.2 Å². The smallest absolute Gasteiger partial charge is 0.324 e. The molecule has 0 fully saturated rings. The topological polar surface area (TPSA) is 26.0 Å². The maximum absolute atomic E-state index is 12.0. The van der Waals surface area contributed by atoms with Crippen molar-refractivity contribution < 1.29 is 13.2 Å². The van der Waals surface area contributed by atoms with Gasteiger partial charge in [0.05, 0.1) is 0 Å². The molecule has 1 atom stereocenters. The van der Waals surface area contributed by atoms with E-state index in [2.05, 4.69) is 0 Å². The van der Waals surface area contributed by atoms with E-state index >= 15 is 0 Å². The summed E-state index contributed by atoms with van der Waals surface area (Å²) in [5.74, 6) is 0. The zero-order chi connectivity index (χ0) is 12.3. The SMILES string of the molecule is Cc1cc(C)cc([C@@H](N)CCC(F)(F)F)c1. The van der Waals surface area contributed by atoms with Gasteiger partial charge in [0.15, 0.2) is 0 Å². The van der Waals surface area contributed by atoms with Crippen LogP contribution in [0.15, 0.2) is 18.2 Å². The van der Waals surface area contributed by atoms with Gasteiger partial charge in [0.1, 0.15) is 0 Å². The Hall–Kier alpha value is -1.03. The van der Waals surface area contributed by atoms with Crippen molar-refractivity contribution in [2.24, 2.45) is 5.73 Å². The Bertz CT molecular complexity index is 338. The first-order valence-corrected chi connectivity index (χ1v) is 5.18. The lowest BCUT2D eigenvalue weighted by Gasteiger charge is -2.14. The summed E-state index contributed by atoms with van der Waals surface area (Å²) in [5.41, 5.74) is 8.57. The predicted molar refractivity (Wildman–Crippen MR) is 58.1 cm³/mol. The lowest BCUT2D eigenvalue weighted by atomic mass is 9.99. The van der Waals surface area contributed by atoms with Gasteiger partial charge in [-0.3, -0.25) is 0 Å². The Morgan fingerprint density at radius 1 is 1.12 bits per heavy atom. The summed E-state index contributed by atoms with van der Waals surface area (Å²) in [6.45, 7) is 3.82. The first-order valence-electron chi connectivity index (χ1n) is 5.18. The summed E-state index contributed by atoms with van der Waals surface area (Å²) in [4.78, 5) is 0. The third-order valence-electron chi connectivity index (χ3n) is 2.41. The molecule has 0 amide bonds. The standard InChI is InChI=1S/C12H16F3N/c1-8-5-9(2)7-10(6-8)11(16)3-4-12(13,14)15/h5-7,11H,3-4,16H2,1-2H3/t11-/m0/s1. The van der Waals surface area contributed by atoms with Crippen LogP contribution < -0.4 is 5.73 Å². The van der Waals surface area contributed by atoms with Crippen molar-refractivity contribution in [1.82, 2.24) is 0 Å². The molecule has 0 saturated heterocycles. The third-order valence-corrected chi connectivity index (χ3v) is 2.41. The van der Waals surface area contributed by atoms with Crippen LogP contribution in [0.25, 0.3) is 0 Å². The van der Waals surface area contributed by atoms with Gasteiger partial charge in [-0.05, 0) is 25.8 Å². The highest BCUT2D eigenvalue weighted by molar-refractivity contribution is 5.30. The molecule has 90 valence electrons. The van der Waals surface area contributed by atoms with Crippen LogP contribution in [0, 0.1) is 13.8 Å². The summed E-state index contributed by atoms with van der Waals surface area (Å²) in [7, 11) is 0. The average Bonchev–Trinajstić information content (AvgIpc) is 2.11. The molecule has 0 heterocycles. The number of hydrogen-bond acceptors (Lipinski definition) is 1. The lowest BCUT2D eigenvalue weighted by molar-refractivity contribution is -0.136. The molecule has 16 heavy (non-hydrogen) atoms. The summed E-state index contributed by atoms with van der Waals surface area (Å²) >= 11 is 0. The van der Waals surface area contributed by atoms with Gasteiger partial charge in [0.25, 0.3) is 0 Å². The van der Waals surface area contributed by atoms with Gasteiger partial charge in [0.2, 0.25) is 0 Å². The molecule has 1 nitrogen and oxygen atoms in total. The first-order chi connectivity index (χ1) is 7.28. The molecular formula is C12H16F3N. The lowest BCUT2D eigenvalue weighted by Crippen LogP contribution is -2.16. The maximum Gasteiger partial charge on any atom is 0.389 e. The van der Waals surface area contributed by atoms with Gasteiger partial charge in [-0.25, -0.2) is 0 Å². The van der Waals surface area contributed by atoms with Crippen molar-refractivity contribution in [1.29, 1.82) is 0 Å². The average molecular weight is 231 g/mol. The first kappa shape index (κ1) is 13.0. The number of alkyl halides is 3. The highest BCUT2D eigenvalue weighted by atomic mass is 19.4. The Balaban J connectivity index is 2.69. The van der Waals surface area contributed by atoms with Crippen molar-refractivity contribution in [3.8, 4) is 0 Å². The quantitative estimate of drug-likeness (QED) is 0.844. The Morgan fingerprint density at radius 3 is 2.06 bits per heavy atom. The largest absolute Gasteiger partial charge is 0.389 e. The minimum Gasteiger partial charge on any atom is -0.324 e. The molecule has 1 aromatic carbocycles. The van der Waals surface area contributed by atoms with Crippen LogP contribution in [-0.2, 0) is 0 Å². The molecular weight excluding hydrogens is 215 g/mol. The van der Waals surface area contributed by atoms with Crippen molar-refractivity contribution >= 4 is 0 Å². The highest BCUT2D eigenvalue weighted by Crippen LogP contribution is 2.27. The van der Waals surface area contributed by atoms with Crippen molar-refractivity contribution in [2.45, 2.75) is 38.9 Å². The molecule has 0 unspecified atom stereocenters. The summed E-state index contributed by atoms with van der Waals surface area (Å²) in [5, 5.41) is 0. The maximum atomic E-state index is 12.0. The predicted octanol–water partition coefficient (Wildman–Crippen LogP) is 3.65. The van der Waals surface area contributed by atoms with Gasteiger partial charge in [-0.1, -0.05) is 29.3 Å². The van der Waals surface area contributed by atoms with Crippen LogP contribution in [0.1, 0.15) is 35.6 Å². The van der Waals surface area contributed by atoms with Gasteiger partial charge in [-0.15, -0.1) is 0 Å². The van der Waals surface area contributed by atoms with E-state index in [9.17, 15) is 13.2 Å². The second-order valence-electron chi connectivity index (χ2n) is 4.18. The number of nitrogens with two attached hydrogens (primary N) is 1. The molecule has 4 heteroatoms. The minimum absolute atomic E-state index is 0.0631. The van der Waals surface area contributed by atoms with E-state index in [4.69, 9.17) is 5.73 Å². The second-order valence-corrected chi connectivity index (χ2v) is 4.18. The molecule has 1 rings (SSSR count). The number of aryl methyl sites for hydroxylation is 2. The molecule has 0 aliphatic rings. The molecule has 0 radical (unpaired) electrons. The van der Waals surface area contributed by atoms with Crippen molar-refractivity contribution in [2.75, 3.05) is 0 Å². The van der Waals surface area contributed by atoms with Crippen molar-refractivity contribution in [3.05, 3.63) is 34.9 Å². The van der Waals surface area contributed by atoms with Crippen LogP contribution in [0.5, 0.6) is 0 Å². The van der Waals surface area contributed by atoms with Crippen molar-refractivity contribution in [3.63, 3.8) is 0 Å². The van der Waals surface area contributed by atoms with Crippen LogP contribution >= 0.6 is 0 Å². The molecule has 1 aromatic rings. The fraction of sp³-hybridized carbons (Fsp3) is 0.500. The fourth-order valence-electron chi connectivity index (χ4n) is 1.71. The monoisotopic (exact) mass is 231 g/mol. The summed E-state index contributed by atoms with van der Waals surface area (Å²) in [6, 6.07) is 5.11. The van der Waals surface area contributed by atoms with E-state index in [0.29, 0.717) is 0 Å². The van der Waals surface area contributed by atoms with E-state index in [0.717, 1.165) is 16.7 Å². The van der Waals surface area contributed by atoms with Crippen LogP contribution in [0.2, 0.25) is 0 Å². The molecule has 0 aromatic heterocycles. The van der Waals surface area contributed by atoms with E-state index in [1.807, 2.05) is 32.0 Å². The van der Waals surface area contributed by atoms with E-state index in [1.165, 1.54) is 0 Å². The van der Waals surface area contributed by atoms with Gasteiger partial charge in [-0.2, -0.15) is 13.2 Å². The molecule has 0 saturated carbocycles. The van der Waals surface area contributed by atoms with Crippen LogP contribution in [0.3, 0.4) is 0 Å². The second kappa shape index (κ2) is 4.87. The Morgan fingerprint density at radius 2 is 1.62 bits per heavy atom.